The van der Waals surface area contributed by atoms with Crippen molar-refractivity contribution >= 4 is 17.5 Å². The van der Waals surface area contributed by atoms with Crippen LogP contribution in [0.5, 0.6) is 0 Å². The molecule has 1 aliphatic carbocycles. The van der Waals surface area contributed by atoms with Crippen LogP contribution in [-0.2, 0) is 17.8 Å². The number of rotatable bonds is 6. The molecule has 136 valence electrons. The van der Waals surface area contributed by atoms with Gasteiger partial charge in [0, 0.05) is 24.7 Å². The third-order valence-corrected chi connectivity index (χ3v) is 5.00. The first-order chi connectivity index (χ1) is 11.9. The molecule has 0 aliphatic heterocycles. The fraction of sp³-hybridized carbons (Fsp3) is 0.588. The quantitative estimate of drug-likeness (QED) is 0.815. The Balaban J connectivity index is 1.48. The Morgan fingerprint density at radius 3 is 2.92 bits per heavy atom. The van der Waals surface area contributed by atoms with E-state index in [1.807, 2.05) is 13.8 Å². The van der Waals surface area contributed by atoms with Gasteiger partial charge in [-0.1, -0.05) is 16.8 Å². The van der Waals surface area contributed by atoms with Crippen LogP contribution in [0.2, 0.25) is 5.02 Å². The minimum Gasteiger partial charge on any atom is -0.391 e. The van der Waals surface area contributed by atoms with Crippen LogP contribution in [0.25, 0.3) is 0 Å². The van der Waals surface area contributed by atoms with E-state index in [-0.39, 0.29) is 17.9 Å². The Labute approximate surface area is 151 Å². The first kappa shape index (κ1) is 17.9. The van der Waals surface area contributed by atoms with Gasteiger partial charge in [-0.2, -0.15) is 5.10 Å². The molecule has 1 unspecified atom stereocenters. The molecule has 0 bridgehead atoms. The number of aliphatic hydroxyl groups is 1. The van der Waals surface area contributed by atoms with Gasteiger partial charge in [0.15, 0.2) is 0 Å². The summed E-state index contributed by atoms with van der Waals surface area (Å²) in [5.41, 5.74) is 1.81. The molecule has 8 heteroatoms. The molecule has 1 amide bonds. The lowest BCUT2D eigenvalue weighted by atomic mass is 10.1. The molecule has 2 heterocycles. The van der Waals surface area contributed by atoms with Gasteiger partial charge in [0.1, 0.15) is 5.76 Å². The highest BCUT2D eigenvalue weighted by Crippen LogP contribution is 2.28. The smallest absolute Gasteiger partial charge is 0.220 e. The summed E-state index contributed by atoms with van der Waals surface area (Å²) in [7, 11) is 0. The van der Waals surface area contributed by atoms with Gasteiger partial charge >= 0.3 is 0 Å². The number of aryl methyl sites for hydroxylation is 2. The molecule has 0 saturated heterocycles. The second-order valence-corrected chi connectivity index (χ2v) is 7.20. The number of aliphatic hydroxyl groups excluding tert-OH is 1. The van der Waals surface area contributed by atoms with Crippen molar-refractivity contribution in [2.45, 2.75) is 58.2 Å². The number of nitrogens with zero attached hydrogens (tertiary/aromatic N) is 3. The maximum Gasteiger partial charge on any atom is 0.220 e. The Kier molecular flexibility index (Phi) is 5.44. The van der Waals surface area contributed by atoms with Gasteiger partial charge in [-0.25, -0.2) is 0 Å². The number of carbonyl (C=O) groups excluding carboxylic acids is 1. The van der Waals surface area contributed by atoms with E-state index in [0.29, 0.717) is 30.8 Å². The maximum absolute atomic E-state index is 12.2. The number of carbonyl (C=O) groups is 1. The van der Waals surface area contributed by atoms with E-state index >= 15 is 0 Å². The summed E-state index contributed by atoms with van der Waals surface area (Å²) >= 11 is 5.87. The predicted molar refractivity (Wildman–Crippen MR) is 92.2 cm³/mol. The largest absolute Gasteiger partial charge is 0.391 e. The highest BCUT2D eigenvalue weighted by molar-refractivity contribution is 6.30. The predicted octanol–water partition coefficient (Wildman–Crippen LogP) is 2.03. The van der Waals surface area contributed by atoms with Gasteiger partial charge in [0.05, 0.1) is 29.1 Å². The highest BCUT2D eigenvalue weighted by atomic mass is 35.5. The zero-order valence-corrected chi connectivity index (χ0v) is 15.2. The van der Waals surface area contributed by atoms with Crippen LogP contribution in [-0.4, -0.2) is 38.1 Å². The number of aromatic nitrogens is 3. The SMILES string of the molecule is Cc1noc(C)c1CCC(=O)N[C@@H]1CC(Cn2cc(Cl)cn2)C[C@H]1O. The van der Waals surface area contributed by atoms with E-state index in [4.69, 9.17) is 16.1 Å². The molecule has 2 aromatic heterocycles. The van der Waals surface area contributed by atoms with E-state index in [0.717, 1.165) is 23.4 Å². The Bertz CT molecular complexity index is 723. The average Bonchev–Trinajstić information content (AvgIpc) is 3.20. The molecule has 1 saturated carbocycles. The third kappa shape index (κ3) is 4.41. The summed E-state index contributed by atoms with van der Waals surface area (Å²) in [5, 5.41) is 21.9. The normalized spacial score (nSPS) is 23.1. The number of halogens is 1. The van der Waals surface area contributed by atoms with Gasteiger partial charge in [0.25, 0.3) is 0 Å². The van der Waals surface area contributed by atoms with Crippen molar-refractivity contribution in [2.75, 3.05) is 0 Å². The zero-order valence-electron chi connectivity index (χ0n) is 14.4. The monoisotopic (exact) mass is 366 g/mol. The van der Waals surface area contributed by atoms with Gasteiger partial charge < -0.3 is 14.9 Å². The fourth-order valence-corrected chi connectivity index (χ4v) is 3.66. The van der Waals surface area contributed by atoms with Gasteiger partial charge in [0.2, 0.25) is 5.91 Å². The average molecular weight is 367 g/mol. The molecular formula is C17H23ClN4O3. The molecule has 2 aromatic rings. The molecule has 25 heavy (non-hydrogen) atoms. The molecule has 0 radical (unpaired) electrons. The Morgan fingerprint density at radius 2 is 2.28 bits per heavy atom. The Hall–Kier alpha value is -1.86. The highest BCUT2D eigenvalue weighted by Gasteiger charge is 2.34. The van der Waals surface area contributed by atoms with Crippen LogP contribution in [0.4, 0.5) is 0 Å². The lowest BCUT2D eigenvalue weighted by Crippen LogP contribution is -2.40. The molecule has 1 aliphatic rings. The van der Waals surface area contributed by atoms with Crippen LogP contribution in [0.3, 0.4) is 0 Å². The van der Waals surface area contributed by atoms with Crippen LogP contribution < -0.4 is 5.32 Å². The third-order valence-electron chi connectivity index (χ3n) is 4.80. The number of hydrogen-bond donors (Lipinski definition) is 2. The standard InChI is InChI=1S/C17H23ClN4O3/c1-10-14(11(2)25-21-10)3-4-17(24)20-15-5-12(6-16(15)23)8-22-9-13(18)7-19-22/h7,9,12,15-16,23H,3-6,8H2,1-2H3,(H,20,24)/t12?,15-,16-/m1/s1. The summed E-state index contributed by atoms with van der Waals surface area (Å²) in [6.45, 7) is 4.41. The molecule has 0 aromatic carbocycles. The summed E-state index contributed by atoms with van der Waals surface area (Å²) in [6, 6.07) is -0.215. The van der Waals surface area contributed by atoms with Crippen molar-refractivity contribution < 1.29 is 14.4 Å². The number of amides is 1. The summed E-state index contributed by atoms with van der Waals surface area (Å²) in [5.74, 6) is 0.954. The molecule has 3 rings (SSSR count). The van der Waals surface area contributed by atoms with Crippen molar-refractivity contribution in [3.05, 3.63) is 34.4 Å². The van der Waals surface area contributed by atoms with Crippen molar-refractivity contribution in [1.29, 1.82) is 0 Å². The van der Waals surface area contributed by atoms with Gasteiger partial charge in [-0.15, -0.1) is 0 Å². The van der Waals surface area contributed by atoms with E-state index in [1.54, 1.807) is 17.1 Å². The lowest BCUT2D eigenvalue weighted by molar-refractivity contribution is -0.122. The minimum absolute atomic E-state index is 0.0631. The molecule has 3 atom stereocenters. The molecule has 2 N–H and O–H groups in total. The minimum atomic E-state index is -0.529. The molecule has 1 fully saturated rings. The second-order valence-electron chi connectivity index (χ2n) is 6.76. The van der Waals surface area contributed by atoms with Gasteiger partial charge in [-0.3, -0.25) is 9.48 Å². The summed E-state index contributed by atoms with van der Waals surface area (Å²) < 4.78 is 6.89. The second kappa shape index (κ2) is 7.58. The van der Waals surface area contributed by atoms with Crippen LogP contribution >= 0.6 is 11.6 Å². The van der Waals surface area contributed by atoms with E-state index in [2.05, 4.69) is 15.6 Å². The van der Waals surface area contributed by atoms with Crippen LogP contribution in [0, 0.1) is 19.8 Å². The van der Waals surface area contributed by atoms with E-state index < -0.39 is 6.10 Å². The number of hydrogen-bond acceptors (Lipinski definition) is 5. The topological polar surface area (TPSA) is 93.2 Å². The first-order valence-corrected chi connectivity index (χ1v) is 8.87. The molecule has 7 nitrogen and oxygen atoms in total. The summed E-state index contributed by atoms with van der Waals surface area (Å²) in [6.07, 6.45) is 5.15. The van der Waals surface area contributed by atoms with Crippen molar-refractivity contribution in [3.8, 4) is 0 Å². The van der Waals surface area contributed by atoms with E-state index in [9.17, 15) is 9.90 Å². The maximum atomic E-state index is 12.2. The van der Waals surface area contributed by atoms with Gasteiger partial charge in [-0.05, 0) is 39.0 Å². The lowest BCUT2D eigenvalue weighted by Gasteiger charge is -2.16. The first-order valence-electron chi connectivity index (χ1n) is 8.49. The molecule has 0 spiro atoms. The van der Waals surface area contributed by atoms with Crippen LogP contribution in [0.1, 0.15) is 36.3 Å². The Morgan fingerprint density at radius 1 is 1.48 bits per heavy atom. The van der Waals surface area contributed by atoms with E-state index in [1.165, 1.54) is 0 Å². The zero-order chi connectivity index (χ0) is 18.0. The van der Waals surface area contributed by atoms with Crippen molar-refractivity contribution in [2.24, 2.45) is 5.92 Å². The van der Waals surface area contributed by atoms with Crippen molar-refractivity contribution in [1.82, 2.24) is 20.3 Å². The fourth-order valence-electron chi connectivity index (χ4n) is 3.50. The molecular weight excluding hydrogens is 344 g/mol. The van der Waals surface area contributed by atoms with Crippen LogP contribution in [0.15, 0.2) is 16.9 Å². The summed E-state index contributed by atoms with van der Waals surface area (Å²) in [4.78, 5) is 12.2. The van der Waals surface area contributed by atoms with Crippen molar-refractivity contribution in [3.63, 3.8) is 0 Å². The number of nitrogens with one attached hydrogen (secondary N) is 1.